The molecule has 0 radical (unpaired) electrons. The summed E-state index contributed by atoms with van der Waals surface area (Å²) in [5.74, 6) is 0.562. The highest BCUT2D eigenvalue weighted by atomic mass is 79.9. The number of ether oxygens (including phenoxy) is 1. The number of hydrogen-bond donors (Lipinski definition) is 2. The van der Waals surface area contributed by atoms with Crippen LogP contribution in [0.25, 0.3) is 0 Å². The Hall–Kier alpha value is -1.46. The summed E-state index contributed by atoms with van der Waals surface area (Å²) in [6, 6.07) is 10.9. The Bertz CT molecular complexity index is 658. The molecule has 1 N–H and O–H groups in total. The fraction of sp³-hybridized carbons (Fsp3) is 0.133. The van der Waals surface area contributed by atoms with E-state index in [2.05, 4.69) is 33.9 Å². The average molecular weight is 352 g/mol. The number of benzene rings is 2. The topological polar surface area (TPSA) is 38.3 Å². The van der Waals surface area contributed by atoms with Crippen LogP contribution in [0.1, 0.15) is 15.9 Å². The van der Waals surface area contributed by atoms with Gasteiger partial charge in [-0.3, -0.25) is 4.79 Å². The fourth-order valence-corrected chi connectivity index (χ4v) is 2.54. The second-order valence-electron chi connectivity index (χ2n) is 4.30. The quantitative estimate of drug-likeness (QED) is 0.808. The van der Waals surface area contributed by atoms with Crippen molar-refractivity contribution < 1.29 is 9.53 Å². The van der Waals surface area contributed by atoms with Gasteiger partial charge < -0.3 is 10.1 Å². The Labute approximate surface area is 131 Å². The van der Waals surface area contributed by atoms with Gasteiger partial charge in [0.1, 0.15) is 5.75 Å². The van der Waals surface area contributed by atoms with Crippen LogP contribution in [0, 0.1) is 6.92 Å². The number of nitrogens with one attached hydrogen (secondary N) is 1. The Balaban J connectivity index is 2.23. The number of carbonyl (C=O) groups is 1. The first-order valence-corrected chi connectivity index (χ1v) is 7.20. The number of halogens is 1. The van der Waals surface area contributed by atoms with E-state index in [1.54, 1.807) is 31.4 Å². The van der Waals surface area contributed by atoms with Crippen molar-refractivity contribution in [3.8, 4) is 5.75 Å². The highest BCUT2D eigenvalue weighted by molar-refractivity contribution is 9.10. The summed E-state index contributed by atoms with van der Waals surface area (Å²) in [6.07, 6.45) is 0. The predicted octanol–water partition coefficient (Wildman–Crippen LogP) is 4.31. The molecule has 0 saturated heterocycles. The highest BCUT2D eigenvalue weighted by Crippen LogP contribution is 2.28. The third kappa shape index (κ3) is 3.35. The molecule has 2 rings (SSSR count). The number of carbonyl (C=O) groups excluding carboxylic acids is 1. The summed E-state index contributed by atoms with van der Waals surface area (Å²) in [7, 11) is 1.60. The van der Waals surface area contributed by atoms with Gasteiger partial charge in [0, 0.05) is 16.1 Å². The van der Waals surface area contributed by atoms with Crippen LogP contribution in [0.4, 0.5) is 5.69 Å². The van der Waals surface area contributed by atoms with Gasteiger partial charge >= 0.3 is 0 Å². The Morgan fingerprint density at radius 1 is 1.25 bits per heavy atom. The van der Waals surface area contributed by atoms with Gasteiger partial charge in [-0.25, -0.2) is 0 Å². The van der Waals surface area contributed by atoms with Gasteiger partial charge in [0.2, 0.25) is 0 Å². The molecule has 0 fully saturated rings. The molecule has 0 bridgehead atoms. The monoisotopic (exact) mass is 351 g/mol. The first kappa shape index (κ1) is 14.9. The van der Waals surface area contributed by atoms with Gasteiger partial charge in [-0.15, -0.1) is 12.6 Å². The van der Waals surface area contributed by atoms with E-state index in [1.165, 1.54) is 0 Å². The number of amides is 1. The molecule has 2 aromatic carbocycles. The molecule has 5 heteroatoms. The summed E-state index contributed by atoms with van der Waals surface area (Å²) in [4.78, 5) is 13.0. The lowest BCUT2D eigenvalue weighted by Crippen LogP contribution is -2.13. The molecule has 0 saturated carbocycles. The minimum absolute atomic E-state index is 0.157. The zero-order valence-corrected chi connectivity index (χ0v) is 13.6. The van der Waals surface area contributed by atoms with Crippen molar-refractivity contribution in [2.45, 2.75) is 11.8 Å². The second kappa shape index (κ2) is 6.33. The molecule has 104 valence electrons. The number of anilines is 1. The zero-order valence-electron chi connectivity index (χ0n) is 11.1. The van der Waals surface area contributed by atoms with Gasteiger partial charge in [0.25, 0.3) is 5.91 Å². The molecule has 0 unspecified atom stereocenters. The van der Waals surface area contributed by atoms with E-state index in [1.807, 2.05) is 19.1 Å². The number of hydrogen-bond acceptors (Lipinski definition) is 3. The maximum absolute atomic E-state index is 12.3. The first-order chi connectivity index (χ1) is 9.51. The number of methoxy groups -OCH3 is 1. The lowest BCUT2D eigenvalue weighted by atomic mass is 10.1. The van der Waals surface area contributed by atoms with Crippen LogP contribution in [0.3, 0.4) is 0 Å². The van der Waals surface area contributed by atoms with E-state index >= 15 is 0 Å². The van der Waals surface area contributed by atoms with E-state index in [0.29, 0.717) is 11.3 Å². The Morgan fingerprint density at radius 2 is 2.00 bits per heavy atom. The van der Waals surface area contributed by atoms with Crippen molar-refractivity contribution in [2.75, 3.05) is 12.4 Å². The first-order valence-electron chi connectivity index (χ1n) is 5.96. The number of aryl methyl sites for hydroxylation is 1. The third-order valence-electron chi connectivity index (χ3n) is 2.88. The lowest BCUT2D eigenvalue weighted by Gasteiger charge is -2.10. The van der Waals surface area contributed by atoms with Crippen molar-refractivity contribution in [1.29, 1.82) is 0 Å². The molecule has 20 heavy (non-hydrogen) atoms. The summed E-state index contributed by atoms with van der Waals surface area (Å²) in [6.45, 7) is 1.89. The van der Waals surface area contributed by atoms with Crippen LogP contribution in [0.5, 0.6) is 5.75 Å². The van der Waals surface area contributed by atoms with Crippen molar-refractivity contribution in [2.24, 2.45) is 0 Å². The van der Waals surface area contributed by atoms with Crippen molar-refractivity contribution in [1.82, 2.24) is 0 Å². The minimum Gasteiger partial charge on any atom is -0.496 e. The summed E-state index contributed by atoms with van der Waals surface area (Å²) in [5.41, 5.74) is 2.23. The van der Waals surface area contributed by atoms with Crippen molar-refractivity contribution in [3.05, 3.63) is 52.0 Å². The van der Waals surface area contributed by atoms with Crippen LogP contribution >= 0.6 is 28.6 Å². The molecular weight excluding hydrogens is 338 g/mol. The molecular formula is C15H14BrNO2S. The summed E-state index contributed by atoms with van der Waals surface area (Å²) in [5, 5.41) is 2.86. The van der Waals surface area contributed by atoms with Gasteiger partial charge in [0.05, 0.1) is 11.6 Å². The predicted molar refractivity (Wildman–Crippen MR) is 87.1 cm³/mol. The minimum atomic E-state index is -0.157. The SMILES string of the molecule is COc1ccc(NC(=O)c2cc(S)ccc2C)cc1Br. The number of thiol groups is 1. The van der Waals surface area contributed by atoms with E-state index < -0.39 is 0 Å². The highest BCUT2D eigenvalue weighted by Gasteiger charge is 2.10. The zero-order chi connectivity index (χ0) is 14.7. The van der Waals surface area contributed by atoms with E-state index in [4.69, 9.17) is 4.74 Å². The maximum atomic E-state index is 12.3. The van der Waals surface area contributed by atoms with Crippen LogP contribution in [-0.2, 0) is 0 Å². The molecule has 0 aliphatic rings. The smallest absolute Gasteiger partial charge is 0.255 e. The van der Waals surface area contributed by atoms with E-state index in [9.17, 15) is 4.79 Å². The number of rotatable bonds is 3. The Morgan fingerprint density at radius 3 is 2.65 bits per heavy atom. The Kier molecular flexibility index (Phi) is 4.73. The molecule has 0 spiro atoms. The average Bonchev–Trinajstić information content (AvgIpc) is 2.41. The summed E-state index contributed by atoms with van der Waals surface area (Å²) < 4.78 is 5.94. The van der Waals surface area contributed by atoms with Crippen LogP contribution in [0.2, 0.25) is 0 Å². The molecule has 3 nitrogen and oxygen atoms in total. The second-order valence-corrected chi connectivity index (χ2v) is 5.67. The molecule has 0 aliphatic heterocycles. The van der Waals surface area contributed by atoms with Crippen molar-refractivity contribution >= 4 is 40.2 Å². The van der Waals surface area contributed by atoms with E-state index in [0.717, 1.165) is 20.7 Å². The molecule has 0 aliphatic carbocycles. The van der Waals surface area contributed by atoms with E-state index in [-0.39, 0.29) is 5.91 Å². The summed E-state index contributed by atoms with van der Waals surface area (Å²) >= 11 is 7.65. The van der Waals surface area contributed by atoms with Crippen LogP contribution in [-0.4, -0.2) is 13.0 Å². The maximum Gasteiger partial charge on any atom is 0.255 e. The van der Waals surface area contributed by atoms with Gasteiger partial charge in [-0.2, -0.15) is 0 Å². The molecule has 2 aromatic rings. The van der Waals surface area contributed by atoms with Crippen molar-refractivity contribution in [3.63, 3.8) is 0 Å². The van der Waals surface area contributed by atoms with Gasteiger partial charge in [0.15, 0.2) is 0 Å². The van der Waals surface area contributed by atoms with Crippen LogP contribution < -0.4 is 10.1 Å². The largest absolute Gasteiger partial charge is 0.496 e. The standard InChI is InChI=1S/C15H14BrNO2S/c1-9-3-5-11(20)8-12(9)15(18)17-10-4-6-14(19-2)13(16)7-10/h3-8,20H,1-2H3,(H,17,18). The molecule has 0 heterocycles. The third-order valence-corrected chi connectivity index (χ3v) is 3.77. The molecule has 1 amide bonds. The lowest BCUT2D eigenvalue weighted by molar-refractivity contribution is 0.102. The fourth-order valence-electron chi connectivity index (χ4n) is 1.80. The molecule has 0 aromatic heterocycles. The normalized spacial score (nSPS) is 10.2. The van der Waals surface area contributed by atoms with Crippen LogP contribution in [0.15, 0.2) is 45.8 Å². The van der Waals surface area contributed by atoms with Gasteiger partial charge in [-0.05, 0) is 58.7 Å². The van der Waals surface area contributed by atoms with Gasteiger partial charge in [-0.1, -0.05) is 6.07 Å². The molecule has 0 atom stereocenters.